The van der Waals surface area contributed by atoms with E-state index in [4.69, 9.17) is 14.6 Å². The van der Waals surface area contributed by atoms with Crippen LogP contribution < -0.4 is 0 Å². The van der Waals surface area contributed by atoms with Gasteiger partial charge < -0.3 is 14.6 Å². The van der Waals surface area contributed by atoms with E-state index in [1.165, 1.54) is 24.4 Å². The van der Waals surface area contributed by atoms with Crippen LogP contribution in [0.4, 0.5) is 5.69 Å². The summed E-state index contributed by atoms with van der Waals surface area (Å²) < 4.78 is 5.74. The summed E-state index contributed by atoms with van der Waals surface area (Å²) in [4.78, 5) is 26.2. The highest BCUT2D eigenvalue weighted by molar-refractivity contribution is 5.90. The maximum absolute atomic E-state index is 11.0. The Kier molecular flexibility index (Phi) is 4.66. The van der Waals surface area contributed by atoms with E-state index in [9.17, 15) is 9.59 Å². The molecule has 1 aromatic heterocycles. The van der Waals surface area contributed by atoms with Crippen molar-refractivity contribution in [1.82, 2.24) is 0 Å². The van der Waals surface area contributed by atoms with Crippen molar-refractivity contribution in [2.24, 2.45) is 4.99 Å². The van der Waals surface area contributed by atoms with Crippen LogP contribution in [0.1, 0.15) is 32.0 Å². The van der Waals surface area contributed by atoms with Gasteiger partial charge in [-0.25, -0.2) is 9.59 Å². The average molecular weight is 349 g/mol. The third kappa shape index (κ3) is 3.70. The Morgan fingerprint density at radius 2 is 1.69 bits per heavy atom. The molecule has 6 nitrogen and oxygen atoms in total. The number of nitrogens with zero attached hydrogens (tertiary/aromatic N) is 1. The Morgan fingerprint density at radius 3 is 2.38 bits per heavy atom. The molecule has 3 rings (SSSR count). The van der Waals surface area contributed by atoms with Crippen LogP contribution in [0.3, 0.4) is 0 Å². The summed E-state index contributed by atoms with van der Waals surface area (Å²) >= 11 is 0. The number of hydrogen-bond donors (Lipinski definition) is 2. The van der Waals surface area contributed by atoms with Crippen LogP contribution in [-0.4, -0.2) is 28.4 Å². The third-order valence-electron chi connectivity index (χ3n) is 3.80. The van der Waals surface area contributed by atoms with Gasteiger partial charge in [0.1, 0.15) is 11.5 Å². The van der Waals surface area contributed by atoms with Gasteiger partial charge in [-0.3, -0.25) is 4.99 Å². The Balaban J connectivity index is 1.83. The molecule has 0 amide bonds. The first kappa shape index (κ1) is 17.2. The highest BCUT2D eigenvalue weighted by Crippen LogP contribution is 2.26. The lowest BCUT2D eigenvalue weighted by Gasteiger charge is -2.03. The van der Waals surface area contributed by atoms with Crippen molar-refractivity contribution in [1.29, 1.82) is 0 Å². The van der Waals surface area contributed by atoms with Gasteiger partial charge in [-0.05, 0) is 55.0 Å². The zero-order chi connectivity index (χ0) is 18.7. The van der Waals surface area contributed by atoms with Crippen LogP contribution >= 0.6 is 0 Å². The van der Waals surface area contributed by atoms with E-state index in [1.54, 1.807) is 36.4 Å². The molecule has 0 radical (unpaired) electrons. The van der Waals surface area contributed by atoms with Crippen molar-refractivity contribution in [3.8, 4) is 11.3 Å². The molecule has 0 bridgehead atoms. The zero-order valence-corrected chi connectivity index (χ0v) is 13.8. The number of aromatic carboxylic acids is 2. The van der Waals surface area contributed by atoms with Crippen LogP contribution in [0.25, 0.3) is 11.3 Å². The largest absolute Gasteiger partial charge is 0.478 e. The fourth-order valence-electron chi connectivity index (χ4n) is 2.50. The second kappa shape index (κ2) is 7.06. The summed E-state index contributed by atoms with van der Waals surface area (Å²) in [5.74, 6) is -0.888. The number of rotatable bonds is 5. The Hall–Kier alpha value is -3.67. The van der Waals surface area contributed by atoms with Gasteiger partial charge >= 0.3 is 11.9 Å². The van der Waals surface area contributed by atoms with Gasteiger partial charge in [0.05, 0.1) is 23.0 Å². The van der Waals surface area contributed by atoms with Crippen molar-refractivity contribution < 1.29 is 24.2 Å². The van der Waals surface area contributed by atoms with E-state index in [-0.39, 0.29) is 11.1 Å². The number of carbonyl (C=O) groups is 2. The number of carboxylic acid groups (broad SMARTS) is 2. The van der Waals surface area contributed by atoms with Gasteiger partial charge in [0, 0.05) is 5.56 Å². The highest BCUT2D eigenvalue weighted by Gasteiger charge is 2.10. The van der Waals surface area contributed by atoms with Gasteiger partial charge in [0.25, 0.3) is 0 Å². The summed E-state index contributed by atoms with van der Waals surface area (Å²) in [6.07, 6.45) is 1.51. The molecule has 2 aromatic carbocycles. The number of benzene rings is 2. The zero-order valence-electron chi connectivity index (χ0n) is 13.8. The lowest BCUT2D eigenvalue weighted by atomic mass is 10.0. The minimum absolute atomic E-state index is 0.161. The minimum Gasteiger partial charge on any atom is -0.478 e. The SMILES string of the molecule is Cc1cc(C(=O)O)ccc1-c1ccc(C=Nc2cccc(C(=O)O)c2)o1. The molecule has 0 fully saturated rings. The van der Waals surface area contributed by atoms with Crippen LogP contribution in [-0.2, 0) is 0 Å². The number of hydrogen-bond acceptors (Lipinski definition) is 4. The molecule has 2 N–H and O–H groups in total. The fourth-order valence-corrected chi connectivity index (χ4v) is 2.50. The average Bonchev–Trinajstić information content (AvgIpc) is 3.08. The highest BCUT2D eigenvalue weighted by atomic mass is 16.4. The smallest absolute Gasteiger partial charge is 0.335 e. The van der Waals surface area contributed by atoms with Crippen molar-refractivity contribution in [2.45, 2.75) is 6.92 Å². The first-order valence-electron chi connectivity index (χ1n) is 7.75. The van der Waals surface area contributed by atoms with E-state index in [2.05, 4.69) is 4.99 Å². The van der Waals surface area contributed by atoms with Crippen LogP contribution in [0.15, 0.2) is 64.0 Å². The van der Waals surface area contributed by atoms with Gasteiger partial charge in [0.15, 0.2) is 0 Å². The molecular formula is C20H15NO5. The molecule has 0 aliphatic rings. The van der Waals surface area contributed by atoms with E-state index in [0.717, 1.165) is 11.1 Å². The van der Waals surface area contributed by atoms with Gasteiger partial charge in [-0.2, -0.15) is 0 Å². The molecule has 3 aromatic rings. The topological polar surface area (TPSA) is 100 Å². The number of carboxylic acids is 2. The molecule has 0 saturated heterocycles. The van der Waals surface area contributed by atoms with E-state index in [0.29, 0.717) is 17.2 Å². The molecule has 1 heterocycles. The second-order valence-corrected chi connectivity index (χ2v) is 5.65. The van der Waals surface area contributed by atoms with Crippen LogP contribution in [0, 0.1) is 6.92 Å². The quantitative estimate of drug-likeness (QED) is 0.665. The molecule has 130 valence electrons. The molecule has 0 saturated carbocycles. The van der Waals surface area contributed by atoms with Crippen molar-refractivity contribution >= 4 is 23.8 Å². The summed E-state index contributed by atoms with van der Waals surface area (Å²) in [7, 11) is 0. The molecule has 26 heavy (non-hydrogen) atoms. The van der Waals surface area contributed by atoms with Crippen LogP contribution in [0.2, 0.25) is 0 Å². The number of furan rings is 1. The van der Waals surface area contributed by atoms with E-state index in [1.807, 2.05) is 6.92 Å². The van der Waals surface area contributed by atoms with E-state index < -0.39 is 11.9 Å². The first-order chi connectivity index (χ1) is 12.4. The lowest BCUT2D eigenvalue weighted by molar-refractivity contribution is 0.0686. The molecule has 0 spiro atoms. The molecule has 6 heteroatoms. The molecular weight excluding hydrogens is 334 g/mol. The minimum atomic E-state index is -1.01. The molecule has 0 atom stereocenters. The monoisotopic (exact) mass is 349 g/mol. The summed E-state index contributed by atoms with van der Waals surface area (Å²) in [5.41, 5.74) is 2.47. The molecule has 0 aliphatic carbocycles. The molecule has 0 aliphatic heterocycles. The lowest BCUT2D eigenvalue weighted by Crippen LogP contribution is -1.96. The second-order valence-electron chi connectivity index (χ2n) is 5.65. The third-order valence-corrected chi connectivity index (χ3v) is 3.80. The standard InChI is InChI=1S/C20H15NO5/c1-12-9-14(20(24)25)5-7-17(12)18-8-6-16(26-18)11-21-15-4-2-3-13(10-15)19(22)23/h2-11H,1H3,(H,22,23)(H,24,25). The normalized spacial score (nSPS) is 11.0. The van der Waals surface area contributed by atoms with Gasteiger partial charge in [-0.15, -0.1) is 0 Å². The fraction of sp³-hybridized carbons (Fsp3) is 0.0500. The van der Waals surface area contributed by atoms with E-state index >= 15 is 0 Å². The maximum atomic E-state index is 11.0. The Morgan fingerprint density at radius 1 is 0.962 bits per heavy atom. The number of aryl methyl sites for hydroxylation is 1. The summed E-state index contributed by atoms with van der Waals surface area (Å²) in [5, 5.41) is 18.0. The summed E-state index contributed by atoms with van der Waals surface area (Å²) in [6, 6.07) is 14.6. The molecule has 0 unspecified atom stereocenters. The van der Waals surface area contributed by atoms with Crippen molar-refractivity contribution in [2.75, 3.05) is 0 Å². The van der Waals surface area contributed by atoms with Crippen LogP contribution in [0.5, 0.6) is 0 Å². The van der Waals surface area contributed by atoms with Gasteiger partial charge in [-0.1, -0.05) is 12.1 Å². The number of aliphatic imine (C=N–C) groups is 1. The predicted molar refractivity (Wildman–Crippen MR) is 96.5 cm³/mol. The van der Waals surface area contributed by atoms with Gasteiger partial charge in [0.2, 0.25) is 0 Å². The van der Waals surface area contributed by atoms with Crippen molar-refractivity contribution in [3.63, 3.8) is 0 Å². The Labute approximate surface area is 149 Å². The Bertz CT molecular complexity index is 1020. The predicted octanol–water partition coefficient (Wildman–Crippen LogP) is 4.40. The first-order valence-corrected chi connectivity index (χ1v) is 7.75. The maximum Gasteiger partial charge on any atom is 0.335 e. The summed E-state index contributed by atoms with van der Waals surface area (Å²) in [6.45, 7) is 1.81. The van der Waals surface area contributed by atoms with Crippen molar-refractivity contribution in [3.05, 3.63) is 77.0 Å².